The van der Waals surface area contributed by atoms with E-state index in [0.29, 0.717) is 16.5 Å². The number of carbonyl (C=O) groups is 2. The predicted octanol–water partition coefficient (Wildman–Crippen LogP) is 0.869. The van der Waals surface area contributed by atoms with Crippen LogP contribution in [0.15, 0.2) is 12.2 Å². The Hall–Kier alpha value is -0.691. The fraction of sp³-hybridized carbons (Fsp3) is 0.444. The number of rotatable bonds is 4. The molecule has 102 valence electrons. The summed E-state index contributed by atoms with van der Waals surface area (Å²) in [7, 11) is 0. The zero-order chi connectivity index (χ0) is 13.1. The van der Waals surface area contributed by atoms with Crippen molar-refractivity contribution in [1.29, 1.82) is 0 Å². The summed E-state index contributed by atoms with van der Waals surface area (Å²) in [4.78, 5) is 21.1. The van der Waals surface area contributed by atoms with Crippen molar-refractivity contribution in [3.63, 3.8) is 0 Å². The summed E-state index contributed by atoms with van der Waals surface area (Å²) in [6.07, 6.45) is 1.12. The minimum Gasteiger partial charge on any atom is -0.478 e. The molecule has 5 nitrogen and oxygen atoms in total. The molecular weight excluding hydrogens is 314 g/mol. The molecular formula is C9H14CuNO4S2. The Kier molecular flexibility index (Phi) is 17.0. The number of thiocarbonyl (C=S) groups is 1. The van der Waals surface area contributed by atoms with Gasteiger partial charge in [0.2, 0.25) is 0 Å². The summed E-state index contributed by atoms with van der Waals surface area (Å²) >= 11 is 9.51. The first kappa shape index (κ1) is 21.6. The van der Waals surface area contributed by atoms with Gasteiger partial charge in [0.1, 0.15) is 0 Å². The molecule has 0 spiro atoms. The molecule has 17 heavy (non-hydrogen) atoms. The Morgan fingerprint density at radius 1 is 1.18 bits per heavy atom. The molecule has 0 aliphatic heterocycles. The summed E-state index contributed by atoms with van der Waals surface area (Å²) in [5.74, 6) is -2.51. The van der Waals surface area contributed by atoms with Crippen molar-refractivity contribution in [2.75, 3.05) is 13.1 Å². The maximum Gasteiger partial charge on any atom is 1.00 e. The molecule has 0 radical (unpaired) electrons. The Morgan fingerprint density at radius 3 is 1.53 bits per heavy atom. The molecule has 0 aromatic rings. The van der Waals surface area contributed by atoms with Gasteiger partial charge < -0.3 is 40.0 Å². The van der Waals surface area contributed by atoms with Crippen LogP contribution in [0.5, 0.6) is 0 Å². The van der Waals surface area contributed by atoms with E-state index in [0.717, 1.165) is 13.1 Å². The number of carboxylic acids is 2. The third kappa shape index (κ3) is 17.9. The van der Waals surface area contributed by atoms with Crippen LogP contribution in [0.4, 0.5) is 0 Å². The average Bonchev–Trinajstić information content (AvgIpc) is 2.17. The van der Waals surface area contributed by atoms with E-state index in [1.807, 2.05) is 18.7 Å². The number of hydrogen-bond donors (Lipinski definition) is 2. The second-order valence-corrected chi connectivity index (χ2v) is 3.48. The van der Waals surface area contributed by atoms with E-state index in [1.54, 1.807) is 0 Å². The molecule has 0 fully saturated rings. The predicted molar refractivity (Wildman–Crippen MR) is 67.3 cm³/mol. The van der Waals surface area contributed by atoms with E-state index >= 15 is 0 Å². The molecule has 0 saturated heterocycles. The van der Waals surface area contributed by atoms with E-state index in [-0.39, 0.29) is 17.1 Å². The minimum absolute atomic E-state index is 0. The van der Waals surface area contributed by atoms with Crippen molar-refractivity contribution in [3.05, 3.63) is 12.2 Å². The largest absolute Gasteiger partial charge is 1.00 e. The smallest absolute Gasteiger partial charge is 0.478 e. The molecule has 0 saturated carbocycles. The van der Waals surface area contributed by atoms with Crippen molar-refractivity contribution in [3.8, 4) is 0 Å². The molecule has 0 aromatic heterocycles. The van der Waals surface area contributed by atoms with Crippen molar-refractivity contribution in [2.24, 2.45) is 0 Å². The number of carboxylic acid groups (broad SMARTS) is 2. The van der Waals surface area contributed by atoms with E-state index in [9.17, 15) is 9.59 Å². The van der Waals surface area contributed by atoms with Crippen LogP contribution in [0.3, 0.4) is 0 Å². The molecule has 0 heterocycles. The summed E-state index contributed by atoms with van der Waals surface area (Å²) in [5.41, 5.74) is 0. The summed E-state index contributed by atoms with van der Waals surface area (Å²) in [5, 5.41) is 15.6. The Morgan fingerprint density at radius 2 is 1.47 bits per heavy atom. The Bertz CT molecular complexity index is 264. The number of hydrogen-bond acceptors (Lipinski definition) is 4. The third-order valence-electron chi connectivity index (χ3n) is 1.39. The third-order valence-corrected chi connectivity index (χ3v) is 1.91. The summed E-state index contributed by atoms with van der Waals surface area (Å²) in [6.45, 7) is 5.95. The van der Waals surface area contributed by atoms with Crippen molar-refractivity contribution in [1.82, 2.24) is 4.90 Å². The van der Waals surface area contributed by atoms with Gasteiger partial charge in [-0.1, -0.05) is 4.32 Å². The van der Waals surface area contributed by atoms with E-state index in [1.165, 1.54) is 0 Å². The van der Waals surface area contributed by atoms with Gasteiger partial charge in [-0.2, -0.15) is 0 Å². The number of nitrogens with zero attached hydrogens (tertiary/aromatic N) is 1. The Balaban J connectivity index is -0.000000218. The van der Waals surface area contributed by atoms with Crippen molar-refractivity contribution in [2.45, 2.75) is 13.8 Å². The minimum atomic E-state index is -1.26. The first-order valence-electron chi connectivity index (χ1n) is 4.44. The van der Waals surface area contributed by atoms with Crippen LogP contribution in [0.25, 0.3) is 0 Å². The molecule has 0 rings (SSSR count). The summed E-state index contributed by atoms with van der Waals surface area (Å²) < 4.78 is 0.579. The molecule has 2 N–H and O–H groups in total. The molecule has 0 amide bonds. The van der Waals surface area contributed by atoms with Gasteiger partial charge in [-0.15, -0.1) is 0 Å². The van der Waals surface area contributed by atoms with Gasteiger partial charge in [0.15, 0.2) is 0 Å². The maximum atomic E-state index is 9.55. The topological polar surface area (TPSA) is 77.8 Å². The van der Waals surface area contributed by atoms with E-state index in [2.05, 4.69) is 0 Å². The molecule has 0 aromatic carbocycles. The van der Waals surface area contributed by atoms with Crippen LogP contribution >= 0.6 is 12.2 Å². The van der Waals surface area contributed by atoms with Crippen molar-refractivity contribution >= 4 is 41.1 Å². The zero-order valence-electron chi connectivity index (χ0n) is 9.35. The van der Waals surface area contributed by atoms with Crippen LogP contribution in [0.2, 0.25) is 0 Å². The SMILES string of the molecule is CCN(CC)C(=S)[S-].O=C(O)/C=C/C(=O)O.[Cu+]. The summed E-state index contributed by atoms with van der Waals surface area (Å²) in [6, 6.07) is 0. The second-order valence-electron chi connectivity index (χ2n) is 2.45. The quantitative estimate of drug-likeness (QED) is 0.343. The maximum absolute atomic E-state index is 9.55. The van der Waals surface area contributed by atoms with Crippen LogP contribution in [-0.2, 0) is 39.3 Å². The van der Waals surface area contributed by atoms with Gasteiger partial charge in [0.05, 0.1) is 0 Å². The zero-order valence-corrected chi connectivity index (χ0v) is 11.9. The van der Waals surface area contributed by atoms with Crippen LogP contribution in [-0.4, -0.2) is 44.5 Å². The van der Waals surface area contributed by atoms with Gasteiger partial charge in [-0.25, -0.2) is 9.59 Å². The monoisotopic (exact) mass is 327 g/mol. The molecule has 8 heteroatoms. The molecule has 0 unspecified atom stereocenters. The van der Waals surface area contributed by atoms with Gasteiger partial charge in [0, 0.05) is 25.2 Å². The molecule has 0 aliphatic carbocycles. The van der Waals surface area contributed by atoms with E-state index in [4.69, 9.17) is 35.1 Å². The van der Waals surface area contributed by atoms with Crippen LogP contribution < -0.4 is 0 Å². The van der Waals surface area contributed by atoms with Crippen LogP contribution in [0, 0.1) is 0 Å². The number of aliphatic carboxylic acids is 2. The second kappa shape index (κ2) is 13.4. The first-order chi connectivity index (χ1) is 7.34. The van der Waals surface area contributed by atoms with Gasteiger partial charge in [-0.05, 0) is 13.8 Å². The Labute approximate surface area is 122 Å². The van der Waals surface area contributed by atoms with E-state index < -0.39 is 11.9 Å². The van der Waals surface area contributed by atoms with Gasteiger partial charge in [0.25, 0.3) is 0 Å². The normalized spacial score (nSPS) is 8.59. The molecule has 0 aliphatic rings. The van der Waals surface area contributed by atoms with Crippen LogP contribution in [0.1, 0.15) is 13.8 Å². The van der Waals surface area contributed by atoms with Gasteiger partial charge in [-0.3, -0.25) is 0 Å². The van der Waals surface area contributed by atoms with Crippen molar-refractivity contribution < 1.29 is 36.9 Å². The van der Waals surface area contributed by atoms with Gasteiger partial charge >= 0.3 is 29.0 Å². The fourth-order valence-corrected chi connectivity index (χ4v) is 1.14. The molecule has 0 atom stereocenters. The first-order valence-corrected chi connectivity index (χ1v) is 5.26. The molecule has 0 bridgehead atoms. The standard InChI is InChI=1S/C5H11NS2.C4H4O4.Cu/c1-3-6(4-2)5(7)8;5-3(6)1-2-4(7)8;/h3-4H2,1-2H3,(H,7,8);1-2H,(H,5,6)(H,7,8);/q;;+1/p-1/b;2-1+;. The average molecular weight is 328 g/mol. The fourth-order valence-electron chi connectivity index (χ4n) is 0.624.